The third kappa shape index (κ3) is 8.02. The molecule has 0 heterocycles. The molecule has 0 radical (unpaired) electrons. The first-order valence-corrected chi connectivity index (χ1v) is 6.11. The molecule has 0 atom stereocenters. The quantitative estimate of drug-likeness (QED) is 0.538. The van der Waals surface area contributed by atoms with Crippen LogP contribution in [-0.4, -0.2) is 6.04 Å². The third-order valence-corrected chi connectivity index (χ3v) is 3.11. The first-order valence-electron chi connectivity index (χ1n) is 6.11. The van der Waals surface area contributed by atoms with Gasteiger partial charge in [-0.05, 0) is 0 Å². The summed E-state index contributed by atoms with van der Waals surface area (Å²) in [6.07, 6.45) is 14.8. The van der Waals surface area contributed by atoms with Crippen LogP contribution in [0.25, 0.3) is 5.73 Å². The predicted octanol–water partition coefficient (Wildman–Crippen LogP) is 4.71. The molecule has 14 heavy (non-hydrogen) atoms. The molecule has 1 nitrogen and oxygen atoms in total. The smallest absolute Gasteiger partial charge is 0 e. The Morgan fingerprint density at radius 1 is 0.571 bits per heavy atom. The summed E-state index contributed by atoms with van der Waals surface area (Å²) in [5.74, 6) is 0. The Balaban J connectivity index is 0.00000169. The molecule has 1 saturated carbocycles. The van der Waals surface area contributed by atoms with Crippen LogP contribution in [0.15, 0.2) is 0 Å². The summed E-state index contributed by atoms with van der Waals surface area (Å²) in [6, 6.07) is 0.249. The molecular weight excluding hydrogens is 206 g/mol. The summed E-state index contributed by atoms with van der Waals surface area (Å²) in [5, 5.41) is 0. The van der Waals surface area contributed by atoms with Crippen LogP contribution in [0.2, 0.25) is 0 Å². The standard InChI is InChI=1S/C12H24N.Ti/c13-12-10-8-6-4-2-1-3-5-7-9-11-12;/h12-13H,1-11H2;/q-1;. The Morgan fingerprint density at radius 3 is 1.21 bits per heavy atom. The van der Waals surface area contributed by atoms with E-state index in [9.17, 15) is 0 Å². The second-order valence-corrected chi connectivity index (χ2v) is 4.46. The molecule has 2 heteroatoms. The van der Waals surface area contributed by atoms with Gasteiger partial charge in [0.25, 0.3) is 0 Å². The van der Waals surface area contributed by atoms with Crippen molar-refractivity contribution < 1.29 is 21.7 Å². The van der Waals surface area contributed by atoms with Crippen LogP contribution in [0, 0.1) is 0 Å². The van der Waals surface area contributed by atoms with E-state index in [1.54, 1.807) is 0 Å². The van der Waals surface area contributed by atoms with Crippen LogP contribution in [0.1, 0.15) is 70.6 Å². The Morgan fingerprint density at radius 2 is 0.857 bits per heavy atom. The zero-order valence-electron chi connectivity index (χ0n) is 9.36. The van der Waals surface area contributed by atoms with Crippen molar-refractivity contribution in [1.29, 1.82) is 0 Å². The molecule has 0 aromatic rings. The van der Waals surface area contributed by atoms with Crippen LogP contribution in [-0.2, 0) is 21.7 Å². The minimum Gasteiger partial charge on any atom is -0.675 e. The molecule has 0 amide bonds. The van der Waals surface area contributed by atoms with Crippen LogP contribution in [0.3, 0.4) is 0 Å². The van der Waals surface area contributed by atoms with E-state index in [-0.39, 0.29) is 27.8 Å². The van der Waals surface area contributed by atoms with Crippen molar-refractivity contribution in [1.82, 2.24) is 0 Å². The molecule has 0 spiro atoms. The molecule has 0 aromatic carbocycles. The van der Waals surface area contributed by atoms with Crippen molar-refractivity contribution in [2.24, 2.45) is 0 Å². The van der Waals surface area contributed by atoms with Gasteiger partial charge in [0.2, 0.25) is 0 Å². The normalized spacial score (nSPS) is 22.9. The van der Waals surface area contributed by atoms with Gasteiger partial charge in [0.15, 0.2) is 0 Å². The maximum atomic E-state index is 7.80. The Labute approximate surface area is 104 Å². The van der Waals surface area contributed by atoms with Gasteiger partial charge in [0.05, 0.1) is 0 Å². The Hall–Kier alpha value is 0.674. The molecule has 0 unspecified atom stereocenters. The van der Waals surface area contributed by atoms with Gasteiger partial charge in [0, 0.05) is 21.7 Å². The first-order chi connectivity index (χ1) is 6.39. The topological polar surface area (TPSA) is 23.8 Å². The summed E-state index contributed by atoms with van der Waals surface area (Å²) in [6.45, 7) is 0. The van der Waals surface area contributed by atoms with Gasteiger partial charge in [-0.3, -0.25) is 0 Å². The van der Waals surface area contributed by atoms with Gasteiger partial charge in [-0.15, -0.1) is 6.04 Å². The summed E-state index contributed by atoms with van der Waals surface area (Å²) in [4.78, 5) is 0. The molecule has 1 N–H and O–H groups in total. The van der Waals surface area contributed by atoms with Gasteiger partial charge >= 0.3 is 0 Å². The zero-order chi connectivity index (χ0) is 9.36. The Bertz CT molecular complexity index is 105. The molecule has 82 valence electrons. The fourth-order valence-corrected chi connectivity index (χ4v) is 2.16. The van der Waals surface area contributed by atoms with Gasteiger partial charge < -0.3 is 5.73 Å². The predicted molar refractivity (Wildman–Crippen MR) is 58.9 cm³/mol. The number of hydrogen-bond acceptors (Lipinski definition) is 0. The van der Waals surface area contributed by atoms with Gasteiger partial charge in [-0.2, -0.15) is 0 Å². The molecule has 0 saturated heterocycles. The number of nitrogens with one attached hydrogen (secondary N) is 1. The van der Waals surface area contributed by atoms with E-state index in [4.69, 9.17) is 5.73 Å². The maximum absolute atomic E-state index is 7.80. The minimum atomic E-state index is 0. The van der Waals surface area contributed by atoms with Gasteiger partial charge in [-0.1, -0.05) is 70.6 Å². The SMILES string of the molecule is [NH-]C1CCCCCCCCCCC1.[Ti]. The fraction of sp³-hybridized carbons (Fsp3) is 1.00. The molecule has 1 rings (SSSR count). The summed E-state index contributed by atoms with van der Waals surface area (Å²) < 4.78 is 0. The monoisotopic (exact) mass is 230 g/mol. The zero-order valence-corrected chi connectivity index (χ0v) is 10.9. The van der Waals surface area contributed by atoms with Crippen molar-refractivity contribution in [3.63, 3.8) is 0 Å². The van der Waals surface area contributed by atoms with E-state index >= 15 is 0 Å². The van der Waals surface area contributed by atoms with Crippen LogP contribution >= 0.6 is 0 Å². The number of hydrogen-bond donors (Lipinski definition) is 0. The van der Waals surface area contributed by atoms with E-state index in [1.165, 1.54) is 57.8 Å². The molecule has 1 aliphatic carbocycles. The molecule has 0 aliphatic heterocycles. The molecule has 1 aliphatic rings. The molecule has 0 aromatic heterocycles. The van der Waals surface area contributed by atoms with Gasteiger partial charge in [0.1, 0.15) is 0 Å². The van der Waals surface area contributed by atoms with E-state index in [1.807, 2.05) is 0 Å². The van der Waals surface area contributed by atoms with E-state index < -0.39 is 0 Å². The van der Waals surface area contributed by atoms with Crippen LogP contribution < -0.4 is 0 Å². The largest absolute Gasteiger partial charge is 0.675 e. The number of rotatable bonds is 0. The summed E-state index contributed by atoms with van der Waals surface area (Å²) >= 11 is 0. The first kappa shape index (κ1) is 14.7. The van der Waals surface area contributed by atoms with Crippen molar-refractivity contribution in [2.75, 3.05) is 0 Å². The average Bonchev–Trinajstić information content (AvgIpc) is 2.11. The van der Waals surface area contributed by atoms with Crippen LogP contribution in [0.5, 0.6) is 0 Å². The van der Waals surface area contributed by atoms with E-state index in [0.29, 0.717) is 0 Å². The molecular formula is C12H24NTi-. The second kappa shape index (κ2) is 10.2. The second-order valence-electron chi connectivity index (χ2n) is 4.46. The fourth-order valence-electron chi connectivity index (χ4n) is 2.16. The van der Waals surface area contributed by atoms with Gasteiger partial charge in [-0.25, -0.2) is 0 Å². The van der Waals surface area contributed by atoms with Crippen molar-refractivity contribution >= 4 is 0 Å². The van der Waals surface area contributed by atoms with E-state index in [2.05, 4.69) is 0 Å². The summed E-state index contributed by atoms with van der Waals surface area (Å²) in [7, 11) is 0. The molecule has 0 bridgehead atoms. The van der Waals surface area contributed by atoms with Crippen molar-refractivity contribution in [3.05, 3.63) is 5.73 Å². The van der Waals surface area contributed by atoms with E-state index in [0.717, 1.165) is 12.8 Å². The average molecular weight is 230 g/mol. The van der Waals surface area contributed by atoms with Crippen molar-refractivity contribution in [2.45, 2.75) is 76.7 Å². The third-order valence-electron chi connectivity index (χ3n) is 3.11. The van der Waals surface area contributed by atoms with Crippen LogP contribution in [0.4, 0.5) is 0 Å². The maximum Gasteiger partial charge on any atom is 0 e. The van der Waals surface area contributed by atoms with Crippen molar-refractivity contribution in [3.8, 4) is 0 Å². The summed E-state index contributed by atoms with van der Waals surface area (Å²) in [5.41, 5.74) is 7.80. The minimum absolute atomic E-state index is 0. The Kier molecular flexibility index (Phi) is 10.7. The molecule has 1 fully saturated rings.